The van der Waals surface area contributed by atoms with E-state index < -0.39 is 0 Å². The van der Waals surface area contributed by atoms with Gasteiger partial charge in [0.15, 0.2) is 0 Å². The van der Waals surface area contributed by atoms with Crippen LogP contribution in [0.1, 0.15) is 102 Å². The first-order valence-corrected chi connectivity index (χ1v) is 9.45. The van der Waals surface area contributed by atoms with E-state index in [2.05, 4.69) is 26.0 Å². The highest BCUT2D eigenvalue weighted by Crippen LogP contribution is 2.31. The fourth-order valence-corrected chi connectivity index (χ4v) is 3.17. The van der Waals surface area contributed by atoms with Crippen molar-refractivity contribution in [3.05, 3.63) is 29.3 Å². The average Bonchev–Trinajstić information content (AvgIpc) is 2.51. The number of unbranched alkanes of at least 4 members (excludes halogenated alkanes) is 9. The van der Waals surface area contributed by atoms with E-state index in [4.69, 9.17) is 0 Å². The van der Waals surface area contributed by atoms with Gasteiger partial charge in [0, 0.05) is 0 Å². The molecule has 0 saturated heterocycles. The maximum Gasteiger partial charge on any atom is 0.121 e. The third kappa shape index (κ3) is 7.33. The molecule has 1 atom stereocenters. The molecule has 0 amide bonds. The van der Waals surface area contributed by atoms with Crippen LogP contribution in [0.4, 0.5) is 0 Å². The van der Waals surface area contributed by atoms with Crippen molar-refractivity contribution in [1.29, 1.82) is 0 Å². The summed E-state index contributed by atoms with van der Waals surface area (Å²) in [7, 11) is 0. The number of benzene rings is 1. The topological polar surface area (TPSA) is 20.2 Å². The maximum absolute atomic E-state index is 10.1. The minimum absolute atomic E-state index is 0.467. The number of para-hydroxylation sites is 1. The van der Waals surface area contributed by atoms with Gasteiger partial charge in [0.05, 0.1) is 0 Å². The van der Waals surface area contributed by atoms with Gasteiger partial charge in [-0.1, -0.05) is 96.3 Å². The van der Waals surface area contributed by atoms with Gasteiger partial charge in [-0.25, -0.2) is 0 Å². The lowest BCUT2D eigenvalue weighted by Gasteiger charge is -2.14. The van der Waals surface area contributed by atoms with Crippen molar-refractivity contribution < 1.29 is 5.11 Å². The summed E-state index contributed by atoms with van der Waals surface area (Å²) in [6.07, 6.45) is 15.0. The fraction of sp³-hybridized carbons (Fsp3) is 0.714. The Bertz CT molecular complexity index is 397. The third-order valence-electron chi connectivity index (χ3n) is 4.79. The quantitative estimate of drug-likeness (QED) is 0.408. The van der Waals surface area contributed by atoms with Gasteiger partial charge in [0.25, 0.3) is 0 Å². The van der Waals surface area contributed by atoms with E-state index in [0.29, 0.717) is 11.7 Å². The predicted molar refractivity (Wildman–Crippen MR) is 97.7 cm³/mol. The molecular formula is C21H36O. The minimum Gasteiger partial charge on any atom is -0.507 e. The zero-order chi connectivity index (χ0) is 16.2. The normalized spacial score (nSPS) is 12.5. The van der Waals surface area contributed by atoms with E-state index in [1.54, 1.807) is 0 Å². The molecule has 0 bridgehead atoms. The van der Waals surface area contributed by atoms with Gasteiger partial charge in [-0.15, -0.1) is 0 Å². The number of phenolic OH excluding ortho intramolecular Hbond substituents is 1. The Morgan fingerprint density at radius 1 is 0.864 bits per heavy atom. The first-order chi connectivity index (χ1) is 10.7. The molecule has 1 aromatic carbocycles. The smallest absolute Gasteiger partial charge is 0.121 e. The lowest BCUT2D eigenvalue weighted by Crippen LogP contribution is -1.95. The highest BCUT2D eigenvalue weighted by atomic mass is 16.3. The summed E-state index contributed by atoms with van der Waals surface area (Å²) in [5.74, 6) is 0.969. The molecule has 1 N–H and O–H groups in total. The second-order valence-corrected chi connectivity index (χ2v) is 6.88. The number of hydrogen-bond donors (Lipinski definition) is 1. The third-order valence-corrected chi connectivity index (χ3v) is 4.79. The standard InChI is InChI=1S/C21H36O/c1-4-5-6-7-8-9-10-11-12-13-15-18(2)20-17-14-16-19(3)21(20)22/h14,16-18,22H,4-13,15H2,1-3H3. The van der Waals surface area contributed by atoms with Gasteiger partial charge in [0.1, 0.15) is 5.75 Å². The van der Waals surface area contributed by atoms with Crippen LogP contribution in [-0.4, -0.2) is 5.11 Å². The van der Waals surface area contributed by atoms with Crippen molar-refractivity contribution in [2.75, 3.05) is 0 Å². The Morgan fingerprint density at radius 3 is 2.00 bits per heavy atom. The highest BCUT2D eigenvalue weighted by Gasteiger charge is 2.11. The zero-order valence-electron chi connectivity index (χ0n) is 15.0. The summed E-state index contributed by atoms with van der Waals surface area (Å²) in [5, 5.41) is 10.1. The Labute approximate surface area is 138 Å². The van der Waals surface area contributed by atoms with Crippen LogP contribution >= 0.6 is 0 Å². The van der Waals surface area contributed by atoms with Crippen molar-refractivity contribution >= 4 is 0 Å². The predicted octanol–water partition coefficient (Wildman–Crippen LogP) is 7.12. The molecule has 1 aromatic rings. The molecule has 0 aliphatic rings. The van der Waals surface area contributed by atoms with Gasteiger partial charge >= 0.3 is 0 Å². The highest BCUT2D eigenvalue weighted by molar-refractivity contribution is 5.41. The molecule has 1 rings (SSSR count). The molecule has 1 unspecified atom stereocenters. The van der Waals surface area contributed by atoms with Crippen LogP contribution in [0.2, 0.25) is 0 Å². The SMILES string of the molecule is CCCCCCCCCCCCC(C)c1cccc(C)c1O. The average molecular weight is 305 g/mol. The van der Waals surface area contributed by atoms with E-state index in [9.17, 15) is 5.11 Å². The van der Waals surface area contributed by atoms with Crippen LogP contribution in [0.3, 0.4) is 0 Å². The maximum atomic E-state index is 10.1. The summed E-state index contributed by atoms with van der Waals surface area (Å²) in [6.45, 7) is 6.49. The van der Waals surface area contributed by atoms with Crippen LogP contribution in [-0.2, 0) is 0 Å². The van der Waals surface area contributed by atoms with E-state index in [-0.39, 0.29) is 0 Å². The molecule has 0 aliphatic carbocycles. The molecule has 0 aliphatic heterocycles. The van der Waals surface area contributed by atoms with Crippen molar-refractivity contribution in [2.24, 2.45) is 0 Å². The molecule has 0 fully saturated rings. The molecular weight excluding hydrogens is 268 g/mol. The molecule has 0 radical (unpaired) electrons. The summed E-state index contributed by atoms with van der Waals surface area (Å²) < 4.78 is 0. The second-order valence-electron chi connectivity index (χ2n) is 6.88. The molecule has 1 heteroatoms. The molecule has 0 saturated carbocycles. The first-order valence-electron chi connectivity index (χ1n) is 9.45. The summed E-state index contributed by atoms with van der Waals surface area (Å²) >= 11 is 0. The van der Waals surface area contributed by atoms with Crippen LogP contribution in [0.5, 0.6) is 5.75 Å². The Hall–Kier alpha value is -0.980. The molecule has 1 nitrogen and oxygen atoms in total. The molecule has 126 valence electrons. The Morgan fingerprint density at radius 2 is 1.41 bits per heavy atom. The Kier molecular flexibility index (Phi) is 10.0. The van der Waals surface area contributed by atoms with Gasteiger partial charge < -0.3 is 5.11 Å². The number of phenols is 1. The summed E-state index contributed by atoms with van der Waals surface area (Å²) in [6, 6.07) is 6.11. The number of hydrogen-bond acceptors (Lipinski definition) is 1. The summed E-state index contributed by atoms with van der Waals surface area (Å²) in [4.78, 5) is 0. The number of rotatable bonds is 12. The molecule has 0 heterocycles. The molecule has 0 spiro atoms. The van der Waals surface area contributed by atoms with Crippen LogP contribution in [0.25, 0.3) is 0 Å². The van der Waals surface area contributed by atoms with Crippen LogP contribution in [0, 0.1) is 6.92 Å². The summed E-state index contributed by atoms with van der Waals surface area (Å²) in [5.41, 5.74) is 2.11. The van der Waals surface area contributed by atoms with E-state index in [1.807, 2.05) is 13.0 Å². The molecule has 0 aromatic heterocycles. The van der Waals surface area contributed by atoms with Crippen LogP contribution in [0.15, 0.2) is 18.2 Å². The number of aromatic hydroxyl groups is 1. The van der Waals surface area contributed by atoms with E-state index >= 15 is 0 Å². The van der Waals surface area contributed by atoms with Crippen molar-refractivity contribution in [2.45, 2.75) is 97.3 Å². The molecule has 22 heavy (non-hydrogen) atoms. The lowest BCUT2D eigenvalue weighted by atomic mass is 9.92. The van der Waals surface area contributed by atoms with Gasteiger partial charge in [0.2, 0.25) is 0 Å². The monoisotopic (exact) mass is 304 g/mol. The second kappa shape index (κ2) is 11.6. The minimum atomic E-state index is 0.467. The van der Waals surface area contributed by atoms with Crippen molar-refractivity contribution in [1.82, 2.24) is 0 Å². The number of aryl methyl sites for hydroxylation is 1. The zero-order valence-corrected chi connectivity index (χ0v) is 15.0. The van der Waals surface area contributed by atoms with Crippen LogP contribution < -0.4 is 0 Å². The van der Waals surface area contributed by atoms with E-state index in [0.717, 1.165) is 11.1 Å². The first kappa shape index (κ1) is 19.1. The van der Waals surface area contributed by atoms with Crippen molar-refractivity contribution in [3.63, 3.8) is 0 Å². The van der Waals surface area contributed by atoms with Crippen molar-refractivity contribution in [3.8, 4) is 5.75 Å². The lowest BCUT2D eigenvalue weighted by molar-refractivity contribution is 0.453. The Balaban J connectivity index is 2.06. The van der Waals surface area contributed by atoms with Gasteiger partial charge in [-0.2, -0.15) is 0 Å². The van der Waals surface area contributed by atoms with E-state index in [1.165, 1.54) is 70.6 Å². The van der Waals surface area contributed by atoms with Gasteiger partial charge in [-0.3, -0.25) is 0 Å². The largest absolute Gasteiger partial charge is 0.507 e. The fourth-order valence-electron chi connectivity index (χ4n) is 3.17. The van der Waals surface area contributed by atoms with Gasteiger partial charge in [-0.05, 0) is 30.4 Å².